The number of hydrogen-bond donors (Lipinski definition) is 1. The van der Waals surface area contributed by atoms with Crippen molar-refractivity contribution in [2.75, 3.05) is 13.4 Å². The summed E-state index contributed by atoms with van der Waals surface area (Å²) in [6, 6.07) is 5.75. The molecule has 0 fully saturated rings. The summed E-state index contributed by atoms with van der Waals surface area (Å²) in [7, 11) is 1.64. The quantitative estimate of drug-likeness (QED) is 0.757. The molecule has 13 heavy (non-hydrogen) atoms. The molecule has 0 aliphatic rings. The minimum absolute atomic E-state index is 0.440. The average molecular weight is 198 g/mol. The molecule has 0 heterocycles. The van der Waals surface area contributed by atoms with Crippen molar-refractivity contribution in [3.63, 3.8) is 0 Å². The Hall–Kier alpha value is -0.670. The molecule has 0 saturated heterocycles. The standard InChI is InChI=1S/C10H14O2S/c1-7(11)8-4-5-10(13-3)9(6-8)12-2/h4-7,11H,1-3H3. The zero-order valence-corrected chi connectivity index (χ0v) is 8.89. The van der Waals surface area contributed by atoms with Crippen molar-refractivity contribution in [3.05, 3.63) is 23.8 Å². The van der Waals surface area contributed by atoms with Crippen molar-refractivity contribution in [2.45, 2.75) is 17.9 Å². The molecule has 1 rings (SSSR count). The van der Waals surface area contributed by atoms with Gasteiger partial charge >= 0.3 is 0 Å². The van der Waals surface area contributed by atoms with Gasteiger partial charge in [-0.05, 0) is 30.9 Å². The largest absolute Gasteiger partial charge is 0.496 e. The van der Waals surface area contributed by atoms with E-state index in [1.807, 2.05) is 24.5 Å². The van der Waals surface area contributed by atoms with Crippen LogP contribution in [0, 0.1) is 0 Å². The summed E-state index contributed by atoms with van der Waals surface area (Å²) in [5.74, 6) is 0.825. The fraction of sp³-hybridized carbons (Fsp3) is 0.400. The van der Waals surface area contributed by atoms with Crippen LogP contribution in [0.25, 0.3) is 0 Å². The Kier molecular flexibility index (Phi) is 3.63. The highest BCUT2D eigenvalue weighted by molar-refractivity contribution is 7.98. The van der Waals surface area contributed by atoms with Crippen LogP contribution >= 0.6 is 11.8 Å². The van der Waals surface area contributed by atoms with Gasteiger partial charge in [-0.2, -0.15) is 0 Å². The average Bonchev–Trinajstić information content (AvgIpc) is 2.16. The van der Waals surface area contributed by atoms with Crippen molar-refractivity contribution in [1.29, 1.82) is 0 Å². The topological polar surface area (TPSA) is 29.5 Å². The molecule has 1 aromatic carbocycles. The predicted molar refractivity (Wildman–Crippen MR) is 55.4 cm³/mol. The molecule has 1 N–H and O–H groups in total. The second-order valence-electron chi connectivity index (χ2n) is 2.79. The molecule has 2 nitrogen and oxygen atoms in total. The van der Waals surface area contributed by atoms with Gasteiger partial charge in [0, 0.05) is 4.90 Å². The van der Waals surface area contributed by atoms with E-state index in [0.29, 0.717) is 0 Å². The fourth-order valence-corrected chi connectivity index (χ4v) is 1.66. The second kappa shape index (κ2) is 4.53. The van der Waals surface area contributed by atoms with E-state index in [0.717, 1.165) is 16.2 Å². The first kappa shape index (κ1) is 10.4. The van der Waals surface area contributed by atoms with Gasteiger partial charge in [-0.1, -0.05) is 6.07 Å². The lowest BCUT2D eigenvalue weighted by Crippen LogP contribution is -1.93. The van der Waals surface area contributed by atoms with Crippen molar-refractivity contribution in [2.24, 2.45) is 0 Å². The molecule has 3 heteroatoms. The number of rotatable bonds is 3. The van der Waals surface area contributed by atoms with E-state index >= 15 is 0 Å². The first-order valence-electron chi connectivity index (χ1n) is 4.09. The normalized spacial score (nSPS) is 12.6. The van der Waals surface area contributed by atoms with Gasteiger partial charge in [0.05, 0.1) is 13.2 Å². The molecule has 0 aromatic heterocycles. The molecule has 0 aliphatic carbocycles. The number of aliphatic hydroxyl groups excluding tert-OH is 1. The lowest BCUT2D eigenvalue weighted by molar-refractivity contribution is 0.198. The zero-order chi connectivity index (χ0) is 9.84. The van der Waals surface area contributed by atoms with E-state index in [-0.39, 0.29) is 0 Å². The minimum Gasteiger partial charge on any atom is -0.496 e. The van der Waals surface area contributed by atoms with Gasteiger partial charge in [-0.3, -0.25) is 0 Å². The van der Waals surface area contributed by atoms with Crippen molar-refractivity contribution < 1.29 is 9.84 Å². The number of thioether (sulfide) groups is 1. The molecule has 0 amide bonds. The molecule has 0 radical (unpaired) electrons. The third-order valence-corrected chi connectivity index (χ3v) is 2.67. The lowest BCUT2D eigenvalue weighted by Gasteiger charge is -2.10. The fourth-order valence-electron chi connectivity index (χ4n) is 1.11. The van der Waals surface area contributed by atoms with Gasteiger partial charge < -0.3 is 9.84 Å². The lowest BCUT2D eigenvalue weighted by atomic mass is 10.1. The molecule has 72 valence electrons. The van der Waals surface area contributed by atoms with Gasteiger partial charge in [-0.15, -0.1) is 11.8 Å². The summed E-state index contributed by atoms with van der Waals surface area (Å²) in [6.07, 6.45) is 1.56. The molecule has 0 aliphatic heterocycles. The number of hydrogen-bond acceptors (Lipinski definition) is 3. The molecule has 1 unspecified atom stereocenters. The summed E-state index contributed by atoms with van der Waals surface area (Å²) in [5.41, 5.74) is 0.884. The van der Waals surface area contributed by atoms with Crippen LogP contribution in [-0.4, -0.2) is 18.5 Å². The SMILES string of the molecule is COc1cc(C(C)O)ccc1SC. The van der Waals surface area contributed by atoms with Gasteiger partial charge in [0.25, 0.3) is 0 Å². The van der Waals surface area contributed by atoms with Gasteiger partial charge in [0.15, 0.2) is 0 Å². The Bertz CT molecular complexity index is 284. The summed E-state index contributed by atoms with van der Waals surface area (Å²) in [4.78, 5) is 1.09. The summed E-state index contributed by atoms with van der Waals surface area (Å²) in [6.45, 7) is 1.74. The van der Waals surface area contributed by atoms with E-state index < -0.39 is 6.10 Å². The van der Waals surface area contributed by atoms with E-state index in [2.05, 4.69) is 0 Å². The first-order chi connectivity index (χ1) is 6.19. The first-order valence-corrected chi connectivity index (χ1v) is 5.31. The Morgan fingerprint density at radius 2 is 2.15 bits per heavy atom. The smallest absolute Gasteiger partial charge is 0.132 e. The summed E-state index contributed by atoms with van der Waals surface area (Å²) < 4.78 is 5.20. The van der Waals surface area contributed by atoms with Crippen LogP contribution in [0.5, 0.6) is 5.75 Å². The summed E-state index contributed by atoms with van der Waals surface area (Å²) in [5, 5.41) is 9.34. The molecule has 0 bridgehead atoms. The molecule has 1 atom stereocenters. The van der Waals surface area contributed by atoms with E-state index in [4.69, 9.17) is 4.74 Å². The van der Waals surface area contributed by atoms with Crippen LogP contribution in [0.4, 0.5) is 0 Å². The van der Waals surface area contributed by atoms with E-state index in [9.17, 15) is 5.11 Å². The van der Waals surface area contributed by atoms with E-state index in [1.54, 1.807) is 25.8 Å². The molecule has 1 aromatic rings. The maximum Gasteiger partial charge on any atom is 0.132 e. The molecule has 0 spiro atoms. The minimum atomic E-state index is -0.440. The zero-order valence-electron chi connectivity index (χ0n) is 8.07. The predicted octanol–water partition coefficient (Wildman–Crippen LogP) is 2.47. The maximum atomic E-state index is 9.34. The van der Waals surface area contributed by atoms with Crippen LogP contribution in [0.15, 0.2) is 23.1 Å². The van der Waals surface area contributed by atoms with Crippen molar-refractivity contribution in [1.82, 2.24) is 0 Å². The van der Waals surface area contributed by atoms with Gasteiger partial charge in [0.2, 0.25) is 0 Å². The third kappa shape index (κ3) is 2.39. The molecular formula is C10H14O2S. The molecular weight excluding hydrogens is 184 g/mol. The highest BCUT2D eigenvalue weighted by atomic mass is 32.2. The van der Waals surface area contributed by atoms with Crippen molar-refractivity contribution in [3.8, 4) is 5.75 Å². The summed E-state index contributed by atoms with van der Waals surface area (Å²) >= 11 is 1.63. The van der Waals surface area contributed by atoms with Gasteiger partial charge in [-0.25, -0.2) is 0 Å². The highest BCUT2D eigenvalue weighted by Gasteiger charge is 2.06. The van der Waals surface area contributed by atoms with Crippen LogP contribution in [0.2, 0.25) is 0 Å². The van der Waals surface area contributed by atoms with Crippen molar-refractivity contribution >= 4 is 11.8 Å². The Morgan fingerprint density at radius 1 is 1.46 bits per heavy atom. The monoisotopic (exact) mass is 198 g/mol. The highest BCUT2D eigenvalue weighted by Crippen LogP contribution is 2.30. The number of ether oxygens (including phenoxy) is 1. The maximum absolute atomic E-state index is 9.34. The van der Waals surface area contributed by atoms with Crippen LogP contribution in [0.1, 0.15) is 18.6 Å². The van der Waals surface area contributed by atoms with E-state index in [1.165, 1.54) is 0 Å². The Labute approximate surface area is 82.9 Å². The van der Waals surface area contributed by atoms with Crippen LogP contribution in [-0.2, 0) is 0 Å². The van der Waals surface area contributed by atoms with Gasteiger partial charge in [0.1, 0.15) is 5.75 Å². The number of aliphatic hydroxyl groups is 1. The molecule has 0 saturated carbocycles. The number of benzene rings is 1. The second-order valence-corrected chi connectivity index (χ2v) is 3.64. The number of methoxy groups -OCH3 is 1. The van der Waals surface area contributed by atoms with Crippen LogP contribution < -0.4 is 4.74 Å². The third-order valence-electron chi connectivity index (χ3n) is 1.89. The Morgan fingerprint density at radius 3 is 2.62 bits per heavy atom. The van der Waals surface area contributed by atoms with Crippen LogP contribution in [0.3, 0.4) is 0 Å². The Balaban J connectivity index is 3.05.